The molecule has 2 bridgehead atoms. The van der Waals surface area contributed by atoms with Gasteiger partial charge in [-0.2, -0.15) is 5.10 Å². The number of aromatic nitrogens is 4. The standard InChI is InChI=1S/C20H25N7.2ClH/c1-11-7-19(27-26-11)24-18-10-17-15(20(21)25-18)5-6-16(23-17)12-8-13-3-2-4-14(9-12)22-13;;/h5-7,10,12-14,22H,2-4,8-9H2,1H3,(H4,21,24,25,26,27);2*1H/t12-,13+,14-;;. The molecule has 3 aromatic rings. The SMILES string of the molecule is Cc1cc(Nc2cc3nc([C@H]4C[C@H]5CCC[C@@H](C4)N5)ccc3c(N)n2)n[nH]1.Cl.Cl. The minimum Gasteiger partial charge on any atom is -0.383 e. The highest BCUT2D eigenvalue weighted by atomic mass is 35.5. The first-order valence-electron chi connectivity index (χ1n) is 9.76. The van der Waals surface area contributed by atoms with Crippen LogP contribution in [0.25, 0.3) is 10.9 Å². The molecular weight excluding hydrogens is 409 g/mol. The Hall–Kier alpha value is -2.09. The van der Waals surface area contributed by atoms with Crippen LogP contribution in [-0.2, 0) is 0 Å². The van der Waals surface area contributed by atoms with Gasteiger partial charge in [0.15, 0.2) is 5.82 Å². The van der Waals surface area contributed by atoms with E-state index in [1.165, 1.54) is 37.8 Å². The number of nitrogens with zero attached hydrogens (tertiary/aromatic N) is 3. The fourth-order valence-corrected chi connectivity index (χ4v) is 4.58. The van der Waals surface area contributed by atoms with Gasteiger partial charge in [0.25, 0.3) is 0 Å². The Morgan fingerprint density at radius 1 is 1.03 bits per heavy atom. The van der Waals surface area contributed by atoms with E-state index in [2.05, 4.69) is 37.9 Å². The summed E-state index contributed by atoms with van der Waals surface area (Å²) < 4.78 is 0. The van der Waals surface area contributed by atoms with Crippen molar-refractivity contribution in [2.24, 2.45) is 0 Å². The summed E-state index contributed by atoms with van der Waals surface area (Å²) >= 11 is 0. The van der Waals surface area contributed by atoms with Crippen LogP contribution in [-0.4, -0.2) is 32.2 Å². The Morgan fingerprint density at radius 3 is 2.48 bits per heavy atom. The molecule has 0 aliphatic carbocycles. The van der Waals surface area contributed by atoms with E-state index in [-0.39, 0.29) is 24.8 Å². The lowest BCUT2D eigenvalue weighted by molar-refractivity contribution is 0.219. The Bertz CT molecular complexity index is 978. The Kier molecular flexibility index (Phi) is 6.51. The van der Waals surface area contributed by atoms with Crippen molar-refractivity contribution < 1.29 is 0 Å². The van der Waals surface area contributed by atoms with Gasteiger partial charge in [0.2, 0.25) is 0 Å². The average molecular weight is 436 g/mol. The van der Waals surface area contributed by atoms with E-state index < -0.39 is 0 Å². The van der Waals surface area contributed by atoms with Gasteiger partial charge in [-0.3, -0.25) is 10.1 Å². The van der Waals surface area contributed by atoms with Crippen molar-refractivity contribution in [2.75, 3.05) is 11.1 Å². The topological polar surface area (TPSA) is 105 Å². The molecule has 3 atom stereocenters. The molecule has 9 heteroatoms. The molecular formula is C20H27Cl2N7. The zero-order chi connectivity index (χ0) is 18.4. The van der Waals surface area contributed by atoms with Gasteiger partial charge < -0.3 is 16.4 Å². The van der Waals surface area contributed by atoms with Crippen LogP contribution in [0.1, 0.15) is 49.4 Å². The second kappa shape index (κ2) is 8.73. The second-order valence-electron chi connectivity index (χ2n) is 7.92. The number of nitrogens with two attached hydrogens (primary N) is 1. The lowest BCUT2D eigenvalue weighted by Crippen LogP contribution is -2.48. The van der Waals surface area contributed by atoms with Gasteiger partial charge in [-0.15, -0.1) is 24.8 Å². The molecule has 2 aliphatic heterocycles. The van der Waals surface area contributed by atoms with E-state index in [4.69, 9.17) is 10.7 Å². The Morgan fingerprint density at radius 2 is 1.79 bits per heavy atom. The molecule has 2 aliphatic rings. The second-order valence-corrected chi connectivity index (χ2v) is 7.92. The van der Waals surface area contributed by atoms with Gasteiger partial charge in [0.1, 0.15) is 11.6 Å². The van der Waals surface area contributed by atoms with Crippen LogP contribution >= 0.6 is 24.8 Å². The van der Waals surface area contributed by atoms with Gasteiger partial charge in [-0.05, 0) is 44.7 Å². The average Bonchev–Trinajstić information content (AvgIpc) is 3.05. The smallest absolute Gasteiger partial charge is 0.153 e. The molecule has 0 aromatic carbocycles. The van der Waals surface area contributed by atoms with Crippen LogP contribution in [0, 0.1) is 6.92 Å². The normalized spacial score (nSPS) is 23.1. The number of halogens is 2. The summed E-state index contributed by atoms with van der Waals surface area (Å²) in [6, 6.07) is 9.38. The molecule has 0 unspecified atom stereocenters. The summed E-state index contributed by atoms with van der Waals surface area (Å²) in [6.45, 7) is 1.96. The van der Waals surface area contributed by atoms with E-state index in [1.807, 2.05) is 19.1 Å². The predicted octanol–water partition coefficient (Wildman–Crippen LogP) is 4.22. The highest BCUT2D eigenvalue weighted by molar-refractivity contribution is 5.90. The maximum atomic E-state index is 6.19. The minimum absolute atomic E-state index is 0. The van der Waals surface area contributed by atoms with Gasteiger partial charge >= 0.3 is 0 Å². The fourth-order valence-electron chi connectivity index (χ4n) is 4.58. The zero-order valence-corrected chi connectivity index (χ0v) is 17.9. The fraction of sp³-hybridized carbons (Fsp3) is 0.450. The van der Waals surface area contributed by atoms with Crippen LogP contribution in [0.5, 0.6) is 0 Å². The largest absolute Gasteiger partial charge is 0.383 e. The summed E-state index contributed by atoms with van der Waals surface area (Å²) in [5, 5.41) is 15.0. The molecule has 0 amide bonds. The molecule has 2 fully saturated rings. The number of aryl methyl sites for hydroxylation is 1. The number of hydrogen-bond donors (Lipinski definition) is 4. The van der Waals surface area contributed by atoms with Crippen molar-refractivity contribution >= 4 is 53.2 Å². The third kappa shape index (κ3) is 4.42. The predicted molar refractivity (Wildman–Crippen MR) is 122 cm³/mol. The van der Waals surface area contributed by atoms with Crippen LogP contribution in [0.4, 0.5) is 17.5 Å². The summed E-state index contributed by atoms with van der Waals surface area (Å²) in [5.74, 6) is 2.40. The summed E-state index contributed by atoms with van der Waals surface area (Å²) in [7, 11) is 0. The number of nitrogens with one attached hydrogen (secondary N) is 3. The number of rotatable bonds is 3. The van der Waals surface area contributed by atoms with Crippen LogP contribution in [0.2, 0.25) is 0 Å². The van der Waals surface area contributed by atoms with Crippen molar-refractivity contribution in [3.8, 4) is 0 Å². The number of H-pyrrole nitrogens is 1. The molecule has 0 spiro atoms. The van der Waals surface area contributed by atoms with E-state index in [9.17, 15) is 0 Å². The van der Waals surface area contributed by atoms with Crippen molar-refractivity contribution in [1.82, 2.24) is 25.5 Å². The molecule has 5 heterocycles. The van der Waals surface area contributed by atoms with Gasteiger partial charge in [0, 0.05) is 46.9 Å². The first-order valence-corrected chi connectivity index (χ1v) is 9.76. The molecule has 7 nitrogen and oxygen atoms in total. The number of fused-ring (bicyclic) bond motifs is 3. The summed E-state index contributed by atoms with van der Waals surface area (Å²) in [4.78, 5) is 9.44. The number of anilines is 3. The van der Waals surface area contributed by atoms with Gasteiger partial charge in [-0.25, -0.2) is 4.98 Å². The monoisotopic (exact) mass is 435 g/mol. The van der Waals surface area contributed by atoms with Crippen molar-refractivity contribution in [2.45, 2.75) is 57.0 Å². The van der Waals surface area contributed by atoms with Crippen LogP contribution < -0.4 is 16.4 Å². The Balaban J connectivity index is 0.00000120. The zero-order valence-electron chi connectivity index (χ0n) is 16.3. The maximum Gasteiger partial charge on any atom is 0.153 e. The van der Waals surface area contributed by atoms with Gasteiger partial charge in [0.05, 0.1) is 5.52 Å². The molecule has 3 aromatic heterocycles. The van der Waals surface area contributed by atoms with Crippen molar-refractivity contribution in [3.63, 3.8) is 0 Å². The van der Waals surface area contributed by atoms with Crippen LogP contribution in [0.3, 0.4) is 0 Å². The molecule has 5 N–H and O–H groups in total. The number of piperidine rings is 2. The maximum absolute atomic E-state index is 6.19. The minimum atomic E-state index is 0. The third-order valence-corrected chi connectivity index (χ3v) is 5.83. The lowest BCUT2D eigenvalue weighted by atomic mass is 9.79. The number of aromatic amines is 1. The molecule has 29 heavy (non-hydrogen) atoms. The van der Waals surface area contributed by atoms with E-state index in [1.54, 1.807) is 0 Å². The quantitative estimate of drug-likeness (QED) is 0.490. The number of hydrogen-bond acceptors (Lipinski definition) is 6. The van der Waals surface area contributed by atoms with E-state index >= 15 is 0 Å². The molecule has 5 rings (SSSR count). The molecule has 2 saturated heterocycles. The molecule has 0 radical (unpaired) electrons. The highest BCUT2D eigenvalue weighted by Crippen LogP contribution is 2.36. The van der Waals surface area contributed by atoms with Crippen molar-refractivity contribution in [3.05, 3.63) is 35.7 Å². The first kappa shape index (κ1) is 21.6. The van der Waals surface area contributed by atoms with Gasteiger partial charge in [-0.1, -0.05) is 6.42 Å². The van der Waals surface area contributed by atoms with Crippen LogP contribution in [0.15, 0.2) is 24.3 Å². The number of pyridine rings is 2. The Labute approximate surface area is 182 Å². The number of nitrogen functional groups attached to an aromatic ring is 1. The van der Waals surface area contributed by atoms with E-state index in [0.29, 0.717) is 29.6 Å². The van der Waals surface area contributed by atoms with Crippen molar-refractivity contribution in [1.29, 1.82) is 0 Å². The first-order chi connectivity index (χ1) is 13.1. The molecule has 0 saturated carbocycles. The third-order valence-electron chi connectivity index (χ3n) is 5.83. The molecule has 156 valence electrons. The summed E-state index contributed by atoms with van der Waals surface area (Å²) in [5.41, 5.74) is 9.24. The summed E-state index contributed by atoms with van der Waals surface area (Å²) in [6.07, 6.45) is 6.27. The highest BCUT2D eigenvalue weighted by Gasteiger charge is 2.32. The lowest BCUT2D eigenvalue weighted by Gasteiger charge is -2.40. The van der Waals surface area contributed by atoms with E-state index in [0.717, 1.165) is 22.4 Å².